The molecule has 0 saturated heterocycles. The van der Waals surface area contributed by atoms with Gasteiger partial charge in [-0.15, -0.1) is 0 Å². The van der Waals surface area contributed by atoms with Crippen LogP contribution in [-0.2, 0) is 9.59 Å². The maximum atomic E-state index is 12.1. The Kier molecular flexibility index (Phi) is 6.43. The fourth-order valence-corrected chi connectivity index (χ4v) is 2.29. The summed E-state index contributed by atoms with van der Waals surface area (Å²) in [7, 11) is 0. The van der Waals surface area contributed by atoms with Crippen LogP contribution in [0.15, 0.2) is 36.4 Å². The summed E-state index contributed by atoms with van der Waals surface area (Å²) in [5.41, 5.74) is 8.01. The van der Waals surface area contributed by atoms with Crippen LogP contribution in [0.3, 0.4) is 0 Å². The van der Waals surface area contributed by atoms with Crippen molar-refractivity contribution in [2.45, 2.75) is 20.8 Å². The predicted octanol–water partition coefficient (Wildman–Crippen LogP) is 2.95. The Morgan fingerprint density at radius 3 is 2.23 bits per heavy atom. The molecule has 0 saturated carbocycles. The van der Waals surface area contributed by atoms with E-state index in [1.807, 2.05) is 20.8 Å². The quantitative estimate of drug-likeness (QED) is 0.545. The summed E-state index contributed by atoms with van der Waals surface area (Å²) in [4.78, 5) is 24.2. The van der Waals surface area contributed by atoms with Crippen LogP contribution in [0, 0.1) is 6.92 Å². The van der Waals surface area contributed by atoms with E-state index in [0.717, 1.165) is 5.56 Å². The summed E-state index contributed by atoms with van der Waals surface area (Å²) in [6.07, 6.45) is 0. The molecular formula is C19H23N3O4. The number of nitrogen functional groups attached to an aromatic ring is 1. The highest BCUT2D eigenvalue weighted by Gasteiger charge is 2.16. The average molecular weight is 357 g/mol. The summed E-state index contributed by atoms with van der Waals surface area (Å²) in [6, 6.07) is 10.1. The first-order valence-corrected chi connectivity index (χ1v) is 8.32. The van der Waals surface area contributed by atoms with Crippen molar-refractivity contribution in [2.75, 3.05) is 29.6 Å². The zero-order valence-corrected chi connectivity index (χ0v) is 15.1. The van der Waals surface area contributed by atoms with E-state index in [1.165, 1.54) is 0 Å². The van der Waals surface area contributed by atoms with Gasteiger partial charge in [0.15, 0.2) is 11.5 Å². The molecule has 0 heterocycles. The second kappa shape index (κ2) is 8.75. The van der Waals surface area contributed by atoms with Crippen LogP contribution in [0.2, 0.25) is 0 Å². The predicted molar refractivity (Wildman–Crippen MR) is 102 cm³/mol. The number of carbonyl (C=O) groups is 2. The number of aryl methyl sites for hydroxylation is 1. The Labute approximate surface area is 152 Å². The number of ether oxygens (including phenoxy) is 2. The fourth-order valence-electron chi connectivity index (χ4n) is 2.29. The van der Waals surface area contributed by atoms with Gasteiger partial charge in [-0.3, -0.25) is 9.59 Å². The van der Waals surface area contributed by atoms with Gasteiger partial charge in [-0.2, -0.15) is 0 Å². The molecule has 7 nitrogen and oxygen atoms in total. The molecular weight excluding hydrogens is 334 g/mol. The van der Waals surface area contributed by atoms with Gasteiger partial charge in [-0.25, -0.2) is 0 Å². The van der Waals surface area contributed by atoms with Crippen LogP contribution in [0.5, 0.6) is 11.5 Å². The van der Waals surface area contributed by atoms with E-state index < -0.39 is 11.8 Å². The minimum absolute atomic E-state index is 0.387. The third kappa shape index (κ3) is 4.89. The lowest BCUT2D eigenvalue weighted by Gasteiger charge is -2.13. The molecule has 0 aliphatic rings. The Hall–Kier alpha value is -3.22. The SMILES string of the molecule is CCOc1ccc(NC(=O)C(=O)Nc2ccc(C)cc2N)cc1OCC. The van der Waals surface area contributed by atoms with Crippen molar-refractivity contribution >= 4 is 28.9 Å². The lowest BCUT2D eigenvalue weighted by Crippen LogP contribution is -2.29. The summed E-state index contributed by atoms with van der Waals surface area (Å²) in [5.74, 6) is -0.552. The number of benzene rings is 2. The zero-order valence-electron chi connectivity index (χ0n) is 15.1. The summed E-state index contributed by atoms with van der Waals surface area (Å²) >= 11 is 0. The summed E-state index contributed by atoms with van der Waals surface area (Å²) in [6.45, 7) is 6.54. The number of anilines is 3. The van der Waals surface area contributed by atoms with Crippen molar-refractivity contribution in [1.29, 1.82) is 0 Å². The number of amides is 2. The minimum Gasteiger partial charge on any atom is -0.490 e. The van der Waals surface area contributed by atoms with Gasteiger partial charge in [0.2, 0.25) is 0 Å². The first kappa shape index (κ1) is 19.1. The van der Waals surface area contributed by atoms with Crippen molar-refractivity contribution in [1.82, 2.24) is 0 Å². The number of rotatable bonds is 6. The van der Waals surface area contributed by atoms with Gasteiger partial charge >= 0.3 is 11.8 Å². The number of hydrogen-bond acceptors (Lipinski definition) is 5. The van der Waals surface area contributed by atoms with Crippen LogP contribution < -0.4 is 25.8 Å². The van der Waals surface area contributed by atoms with E-state index in [-0.39, 0.29) is 0 Å². The summed E-state index contributed by atoms with van der Waals surface area (Å²) in [5, 5.41) is 5.03. The third-order valence-corrected chi connectivity index (χ3v) is 3.46. The maximum Gasteiger partial charge on any atom is 0.314 e. The van der Waals surface area contributed by atoms with E-state index >= 15 is 0 Å². The van der Waals surface area contributed by atoms with Gasteiger partial charge in [0.25, 0.3) is 0 Å². The van der Waals surface area contributed by atoms with E-state index in [4.69, 9.17) is 15.2 Å². The van der Waals surface area contributed by atoms with Crippen LogP contribution in [0.1, 0.15) is 19.4 Å². The molecule has 0 aliphatic heterocycles. The molecule has 0 bridgehead atoms. The molecule has 2 rings (SSSR count). The topological polar surface area (TPSA) is 103 Å². The second-order valence-electron chi connectivity index (χ2n) is 5.53. The average Bonchev–Trinajstić information content (AvgIpc) is 2.60. The molecule has 0 unspecified atom stereocenters. The Balaban J connectivity index is 2.08. The molecule has 4 N–H and O–H groups in total. The molecule has 0 atom stereocenters. The molecule has 2 aromatic carbocycles. The monoisotopic (exact) mass is 357 g/mol. The van der Waals surface area contributed by atoms with E-state index in [0.29, 0.717) is 41.8 Å². The molecule has 7 heteroatoms. The first-order chi connectivity index (χ1) is 12.4. The van der Waals surface area contributed by atoms with E-state index in [1.54, 1.807) is 36.4 Å². The van der Waals surface area contributed by atoms with Crippen LogP contribution in [0.25, 0.3) is 0 Å². The molecule has 2 amide bonds. The van der Waals surface area contributed by atoms with Gasteiger partial charge in [0.05, 0.1) is 24.6 Å². The van der Waals surface area contributed by atoms with Crippen molar-refractivity contribution in [2.24, 2.45) is 0 Å². The van der Waals surface area contributed by atoms with Gasteiger partial charge in [-0.1, -0.05) is 6.07 Å². The number of carbonyl (C=O) groups excluding carboxylic acids is 2. The molecule has 0 fully saturated rings. The summed E-state index contributed by atoms with van der Waals surface area (Å²) < 4.78 is 11.0. The maximum absolute atomic E-state index is 12.1. The van der Waals surface area contributed by atoms with Gasteiger partial charge in [0.1, 0.15) is 0 Å². The highest BCUT2D eigenvalue weighted by atomic mass is 16.5. The number of hydrogen-bond donors (Lipinski definition) is 3. The molecule has 0 spiro atoms. The molecule has 26 heavy (non-hydrogen) atoms. The lowest BCUT2D eigenvalue weighted by molar-refractivity contribution is -0.132. The molecule has 0 radical (unpaired) electrons. The Bertz CT molecular complexity index is 805. The molecule has 138 valence electrons. The van der Waals surface area contributed by atoms with E-state index in [9.17, 15) is 9.59 Å². The van der Waals surface area contributed by atoms with Crippen molar-refractivity contribution in [3.8, 4) is 11.5 Å². The zero-order chi connectivity index (χ0) is 19.1. The Morgan fingerprint density at radius 1 is 0.923 bits per heavy atom. The van der Waals surface area contributed by atoms with Crippen molar-refractivity contribution in [3.63, 3.8) is 0 Å². The normalized spacial score (nSPS) is 10.1. The Morgan fingerprint density at radius 2 is 1.58 bits per heavy atom. The fraction of sp³-hybridized carbons (Fsp3) is 0.263. The molecule has 2 aromatic rings. The highest BCUT2D eigenvalue weighted by Crippen LogP contribution is 2.30. The van der Waals surface area contributed by atoms with Crippen molar-refractivity contribution in [3.05, 3.63) is 42.0 Å². The number of nitrogens with two attached hydrogens (primary N) is 1. The van der Waals surface area contributed by atoms with Gasteiger partial charge < -0.3 is 25.8 Å². The van der Waals surface area contributed by atoms with Crippen molar-refractivity contribution < 1.29 is 19.1 Å². The lowest BCUT2D eigenvalue weighted by atomic mass is 10.2. The van der Waals surface area contributed by atoms with E-state index in [2.05, 4.69) is 10.6 Å². The van der Waals surface area contributed by atoms with Crippen LogP contribution in [-0.4, -0.2) is 25.0 Å². The largest absolute Gasteiger partial charge is 0.490 e. The van der Waals surface area contributed by atoms with Gasteiger partial charge in [-0.05, 0) is 50.6 Å². The highest BCUT2D eigenvalue weighted by molar-refractivity contribution is 6.43. The van der Waals surface area contributed by atoms with Gasteiger partial charge in [0, 0.05) is 11.8 Å². The first-order valence-electron chi connectivity index (χ1n) is 8.32. The standard InChI is InChI=1S/C19H23N3O4/c1-4-25-16-9-7-13(11-17(16)26-5-2)21-18(23)19(24)22-15-8-6-12(3)10-14(15)20/h6-11H,4-5,20H2,1-3H3,(H,21,23)(H,22,24). The van der Waals surface area contributed by atoms with Crippen LogP contribution in [0.4, 0.5) is 17.1 Å². The minimum atomic E-state index is -0.813. The second-order valence-corrected chi connectivity index (χ2v) is 5.53. The number of nitrogens with one attached hydrogen (secondary N) is 2. The molecule has 0 aliphatic carbocycles. The third-order valence-electron chi connectivity index (χ3n) is 3.46. The molecule has 0 aromatic heterocycles. The smallest absolute Gasteiger partial charge is 0.314 e. The van der Waals surface area contributed by atoms with Crippen LogP contribution >= 0.6 is 0 Å².